The molecule has 0 aliphatic heterocycles. The summed E-state index contributed by atoms with van der Waals surface area (Å²) in [5, 5.41) is 5.46. The highest BCUT2D eigenvalue weighted by Crippen LogP contribution is 2.15. The molecule has 2 N–H and O–H groups in total. The third-order valence-electron chi connectivity index (χ3n) is 2.82. The number of nitrogens with one attached hydrogen (secondary N) is 2. The van der Waals surface area contributed by atoms with Gasteiger partial charge in [0.2, 0.25) is 5.91 Å². The van der Waals surface area contributed by atoms with Crippen LogP contribution in [0.5, 0.6) is 0 Å². The second kappa shape index (κ2) is 8.94. The van der Waals surface area contributed by atoms with Gasteiger partial charge in [-0.3, -0.25) is 9.59 Å². The van der Waals surface area contributed by atoms with Crippen LogP contribution in [0.1, 0.15) is 17.0 Å². The Morgan fingerprint density at radius 3 is 2.55 bits per heavy atom. The number of carbonyl (C=O) groups excluding carboxylic acids is 2. The molecule has 0 spiro atoms. The van der Waals surface area contributed by atoms with Gasteiger partial charge in [0.15, 0.2) is 5.76 Å². The van der Waals surface area contributed by atoms with Crippen molar-refractivity contribution in [2.75, 3.05) is 18.8 Å². The first-order valence-electron chi connectivity index (χ1n) is 7.02. The molecule has 1 aromatic heterocycles. The summed E-state index contributed by atoms with van der Waals surface area (Å²) in [6.07, 6.45) is 1.69. The lowest BCUT2D eigenvalue weighted by Gasteiger charge is -2.06. The van der Waals surface area contributed by atoms with E-state index in [1.807, 2.05) is 30.3 Å². The number of carbonyl (C=O) groups is 2. The van der Waals surface area contributed by atoms with Gasteiger partial charge in [0.1, 0.15) is 0 Å². The molecule has 2 rings (SSSR count). The maximum absolute atomic E-state index is 11.6. The van der Waals surface area contributed by atoms with Gasteiger partial charge in [0.25, 0.3) is 5.91 Å². The first-order chi connectivity index (χ1) is 10.8. The van der Waals surface area contributed by atoms with Crippen molar-refractivity contribution in [2.45, 2.75) is 11.3 Å². The Morgan fingerprint density at radius 2 is 1.82 bits per heavy atom. The fourth-order valence-electron chi connectivity index (χ4n) is 1.75. The van der Waals surface area contributed by atoms with Gasteiger partial charge >= 0.3 is 0 Å². The third kappa shape index (κ3) is 5.65. The summed E-state index contributed by atoms with van der Waals surface area (Å²) in [5.74, 6) is 0.680. The van der Waals surface area contributed by atoms with Crippen molar-refractivity contribution >= 4 is 23.6 Å². The molecule has 22 heavy (non-hydrogen) atoms. The molecule has 0 bridgehead atoms. The van der Waals surface area contributed by atoms with Crippen molar-refractivity contribution in [3.63, 3.8) is 0 Å². The predicted molar refractivity (Wildman–Crippen MR) is 85.8 cm³/mol. The zero-order chi connectivity index (χ0) is 15.6. The normalized spacial score (nSPS) is 10.2. The SMILES string of the molecule is O=C(CCNC(=O)c1ccco1)NCCSc1ccccc1. The van der Waals surface area contributed by atoms with Crippen molar-refractivity contribution in [1.82, 2.24) is 10.6 Å². The van der Waals surface area contributed by atoms with Crippen LogP contribution in [0.3, 0.4) is 0 Å². The summed E-state index contributed by atoms with van der Waals surface area (Å²) in [6, 6.07) is 13.3. The third-order valence-corrected chi connectivity index (χ3v) is 3.83. The summed E-state index contributed by atoms with van der Waals surface area (Å²) in [7, 11) is 0. The Bertz CT molecular complexity index is 585. The van der Waals surface area contributed by atoms with Gasteiger partial charge in [-0.05, 0) is 24.3 Å². The number of hydrogen-bond acceptors (Lipinski definition) is 4. The van der Waals surface area contributed by atoms with E-state index in [1.54, 1.807) is 23.9 Å². The standard InChI is InChI=1S/C16H18N2O3S/c19-15(8-9-18-16(20)14-7-4-11-21-14)17-10-12-22-13-5-2-1-3-6-13/h1-7,11H,8-10,12H2,(H,17,19)(H,18,20). The lowest BCUT2D eigenvalue weighted by atomic mass is 10.3. The Balaban J connectivity index is 1.54. The molecular weight excluding hydrogens is 300 g/mol. The molecule has 2 amide bonds. The van der Waals surface area contributed by atoms with Gasteiger partial charge in [0, 0.05) is 30.2 Å². The molecular formula is C16H18N2O3S. The van der Waals surface area contributed by atoms with Gasteiger partial charge in [-0.2, -0.15) is 0 Å². The Kier molecular flexibility index (Phi) is 6.57. The number of furan rings is 1. The van der Waals surface area contributed by atoms with E-state index in [4.69, 9.17) is 4.42 Å². The maximum atomic E-state index is 11.6. The van der Waals surface area contributed by atoms with Gasteiger partial charge in [0.05, 0.1) is 6.26 Å². The van der Waals surface area contributed by atoms with E-state index in [1.165, 1.54) is 11.2 Å². The summed E-state index contributed by atoms with van der Waals surface area (Å²) in [4.78, 5) is 24.4. The van der Waals surface area contributed by atoms with Crippen LogP contribution < -0.4 is 10.6 Å². The molecule has 0 radical (unpaired) electrons. The average Bonchev–Trinajstić information content (AvgIpc) is 3.07. The highest BCUT2D eigenvalue weighted by atomic mass is 32.2. The number of hydrogen-bond donors (Lipinski definition) is 2. The van der Waals surface area contributed by atoms with Crippen LogP contribution in [0.4, 0.5) is 0 Å². The van der Waals surface area contributed by atoms with Crippen molar-refractivity contribution in [2.24, 2.45) is 0 Å². The van der Waals surface area contributed by atoms with Gasteiger partial charge in [-0.25, -0.2) is 0 Å². The van der Waals surface area contributed by atoms with Gasteiger partial charge in [-0.1, -0.05) is 18.2 Å². The van der Waals surface area contributed by atoms with Crippen molar-refractivity contribution in [3.8, 4) is 0 Å². The molecule has 0 aliphatic rings. The van der Waals surface area contributed by atoms with E-state index in [9.17, 15) is 9.59 Å². The van der Waals surface area contributed by atoms with E-state index in [0.717, 1.165) is 5.75 Å². The van der Waals surface area contributed by atoms with Crippen molar-refractivity contribution in [3.05, 3.63) is 54.5 Å². The zero-order valence-electron chi connectivity index (χ0n) is 12.1. The lowest BCUT2D eigenvalue weighted by Crippen LogP contribution is -2.31. The predicted octanol–water partition coefficient (Wildman–Crippen LogP) is 2.31. The van der Waals surface area contributed by atoms with Crippen LogP contribution in [-0.2, 0) is 4.79 Å². The first-order valence-corrected chi connectivity index (χ1v) is 8.00. The molecule has 1 aromatic carbocycles. The topological polar surface area (TPSA) is 71.3 Å². The molecule has 5 nitrogen and oxygen atoms in total. The minimum Gasteiger partial charge on any atom is -0.459 e. The molecule has 0 saturated carbocycles. The number of amides is 2. The molecule has 0 saturated heterocycles. The minimum absolute atomic E-state index is 0.0755. The molecule has 6 heteroatoms. The first kappa shape index (κ1) is 16.2. The van der Waals surface area contributed by atoms with E-state index in [2.05, 4.69) is 10.6 Å². The molecule has 2 aromatic rings. The van der Waals surface area contributed by atoms with Crippen LogP contribution in [0.2, 0.25) is 0 Å². The molecule has 0 fully saturated rings. The Labute approximate surface area is 133 Å². The second-order valence-electron chi connectivity index (χ2n) is 4.49. The van der Waals surface area contributed by atoms with Crippen molar-refractivity contribution < 1.29 is 14.0 Å². The maximum Gasteiger partial charge on any atom is 0.286 e. The Hall–Kier alpha value is -2.21. The average molecular weight is 318 g/mol. The lowest BCUT2D eigenvalue weighted by molar-refractivity contribution is -0.120. The minimum atomic E-state index is -0.308. The van der Waals surface area contributed by atoms with Crippen molar-refractivity contribution in [1.29, 1.82) is 0 Å². The van der Waals surface area contributed by atoms with Crippen LogP contribution in [0.15, 0.2) is 58.0 Å². The number of rotatable bonds is 8. The molecule has 1 heterocycles. The fourth-order valence-corrected chi connectivity index (χ4v) is 2.54. The monoisotopic (exact) mass is 318 g/mol. The van der Waals surface area contributed by atoms with Crippen LogP contribution in [0, 0.1) is 0 Å². The van der Waals surface area contributed by atoms with Crippen LogP contribution in [0.25, 0.3) is 0 Å². The molecule has 0 unspecified atom stereocenters. The summed E-state index contributed by atoms with van der Waals surface area (Å²) < 4.78 is 4.96. The van der Waals surface area contributed by atoms with E-state index < -0.39 is 0 Å². The van der Waals surface area contributed by atoms with E-state index >= 15 is 0 Å². The smallest absolute Gasteiger partial charge is 0.286 e. The Morgan fingerprint density at radius 1 is 1.00 bits per heavy atom. The highest BCUT2D eigenvalue weighted by Gasteiger charge is 2.08. The summed E-state index contributed by atoms with van der Waals surface area (Å²) in [6.45, 7) is 0.891. The molecule has 116 valence electrons. The van der Waals surface area contributed by atoms with E-state index in [0.29, 0.717) is 6.54 Å². The van der Waals surface area contributed by atoms with Crippen LogP contribution >= 0.6 is 11.8 Å². The largest absolute Gasteiger partial charge is 0.459 e. The van der Waals surface area contributed by atoms with Gasteiger partial charge in [-0.15, -0.1) is 11.8 Å². The molecule has 0 atom stereocenters. The van der Waals surface area contributed by atoms with E-state index in [-0.39, 0.29) is 30.5 Å². The highest BCUT2D eigenvalue weighted by molar-refractivity contribution is 7.99. The number of benzene rings is 1. The summed E-state index contributed by atoms with van der Waals surface area (Å²) in [5.41, 5.74) is 0. The number of thioether (sulfide) groups is 1. The van der Waals surface area contributed by atoms with Crippen LogP contribution in [-0.4, -0.2) is 30.7 Å². The summed E-state index contributed by atoms with van der Waals surface area (Å²) >= 11 is 1.69. The fraction of sp³-hybridized carbons (Fsp3) is 0.250. The quantitative estimate of drug-likeness (QED) is 0.579. The molecule has 0 aliphatic carbocycles. The zero-order valence-corrected chi connectivity index (χ0v) is 12.9. The van der Waals surface area contributed by atoms with Gasteiger partial charge < -0.3 is 15.1 Å². The second-order valence-corrected chi connectivity index (χ2v) is 5.66.